The Morgan fingerprint density at radius 2 is 1.53 bits per heavy atom. The fourth-order valence-electron chi connectivity index (χ4n) is 4.87. The van der Waals surface area contributed by atoms with Gasteiger partial charge in [0, 0.05) is 12.0 Å². The zero-order chi connectivity index (χ0) is 21.6. The predicted molar refractivity (Wildman–Crippen MR) is 124 cm³/mol. The highest BCUT2D eigenvalue weighted by Crippen LogP contribution is 2.39. The lowest BCUT2D eigenvalue weighted by Crippen LogP contribution is -2.67. The Labute approximate surface area is 182 Å². The summed E-state index contributed by atoms with van der Waals surface area (Å²) in [5.41, 5.74) is 0. The number of nitrogens with zero attached hydrogens (tertiary/aromatic N) is 1. The summed E-state index contributed by atoms with van der Waals surface area (Å²) in [5.74, 6) is 0.112. The number of rotatable bonds is 6. The number of ketones is 1. The number of nitriles is 1. The lowest BCUT2D eigenvalue weighted by molar-refractivity contribution is -0.122. The Hall–Kier alpha value is -2.22. The molecular weight excluding hydrogens is 386 g/mol. The van der Waals surface area contributed by atoms with Gasteiger partial charge in [0.2, 0.25) is 0 Å². The minimum absolute atomic E-state index is 0.0115. The van der Waals surface area contributed by atoms with Crippen LogP contribution in [0, 0.1) is 17.2 Å². The third-order valence-electron chi connectivity index (χ3n) is 6.38. The largest absolute Gasteiger partial charge is 0.404 e. The molecule has 0 amide bonds. The number of Topliss-reactive ketones (excluding diaryl/α,β-unsaturated/α-hetero) is 1. The summed E-state index contributed by atoms with van der Waals surface area (Å²) < 4.78 is 7.25. The van der Waals surface area contributed by atoms with Gasteiger partial charge in [-0.3, -0.25) is 4.79 Å². The molecule has 1 aliphatic carbocycles. The molecule has 1 fully saturated rings. The highest BCUT2D eigenvalue weighted by atomic mass is 28.4. The third kappa shape index (κ3) is 4.74. The van der Waals surface area contributed by atoms with Gasteiger partial charge in [0.05, 0.1) is 12.5 Å². The van der Waals surface area contributed by atoms with Crippen LogP contribution < -0.4 is 10.4 Å². The summed E-state index contributed by atoms with van der Waals surface area (Å²) in [4.78, 5) is 12.3. The van der Waals surface area contributed by atoms with E-state index in [0.717, 1.165) is 32.1 Å². The van der Waals surface area contributed by atoms with Crippen LogP contribution >= 0.6 is 0 Å². The molecule has 2 atom stereocenters. The van der Waals surface area contributed by atoms with Crippen molar-refractivity contribution in [1.29, 1.82) is 5.26 Å². The van der Waals surface area contributed by atoms with E-state index >= 15 is 0 Å². The average molecular weight is 420 g/mol. The van der Waals surface area contributed by atoms with E-state index in [0.29, 0.717) is 0 Å². The number of carbonyl (C=O) groups is 1. The highest BCUT2D eigenvalue weighted by molar-refractivity contribution is 6.99. The fourth-order valence-corrected chi connectivity index (χ4v) is 9.62. The Bertz CT molecular complexity index is 828. The van der Waals surface area contributed by atoms with Crippen molar-refractivity contribution in [1.82, 2.24) is 0 Å². The van der Waals surface area contributed by atoms with Gasteiger partial charge in [-0.1, -0.05) is 87.9 Å². The first kappa shape index (κ1) is 22.5. The summed E-state index contributed by atoms with van der Waals surface area (Å²) in [6, 6.07) is 23.5. The zero-order valence-corrected chi connectivity index (χ0v) is 19.4. The maximum absolute atomic E-state index is 12.3. The van der Waals surface area contributed by atoms with E-state index in [4.69, 9.17) is 9.69 Å². The van der Waals surface area contributed by atoms with Crippen molar-refractivity contribution in [3.05, 3.63) is 60.7 Å². The molecule has 30 heavy (non-hydrogen) atoms. The highest BCUT2D eigenvalue weighted by Gasteiger charge is 2.51. The lowest BCUT2D eigenvalue weighted by atomic mass is 9.94. The Morgan fingerprint density at radius 3 is 2.03 bits per heavy atom. The van der Waals surface area contributed by atoms with E-state index in [9.17, 15) is 4.79 Å². The van der Waals surface area contributed by atoms with Gasteiger partial charge in [0.15, 0.2) is 0 Å². The maximum atomic E-state index is 12.3. The van der Waals surface area contributed by atoms with Crippen molar-refractivity contribution >= 4 is 24.5 Å². The van der Waals surface area contributed by atoms with Gasteiger partial charge in [-0.05, 0) is 41.1 Å². The van der Waals surface area contributed by atoms with E-state index in [1.165, 1.54) is 10.4 Å². The van der Waals surface area contributed by atoms with Crippen LogP contribution in [-0.2, 0) is 9.22 Å². The zero-order valence-electron chi connectivity index (χ0n) is 18.4. The average Bonchev–Trinajstić information content (AvgIpc) is 2.98. The molecule has 0 saturated heterocycles. The molecule has 0 aliphatic heterocycles. The molecule has 4 heteroatoms. The first-order valence-corrected chi connectivity index (χ1v) is 13.0. The van der Waals surface area contributed by atoms with Gasteiger partial charge >= 0.3 is 0 Å². The van der Waals surface area contributed by atoms with Crippen LogP contribution in [0.15, 0.2) is 60.7 Å². The molecular formula is C26H33NO2Si. The topological polar surface area (TPSA) is 50.1 Å². The molecule has 3 rings (SSSR count). The molecule has 0 heterocycles. The van der Waals surface area contributed by atoms with Crippen LogP contribution in [0.4, 0.5) is 0 Å². The molecule has 0 spiro atoms. The second-order valence-corrected chi connectivity index (χ2v) is 13.7. The minimum Gasteiger partial charge on any atom is -0.404 e. The van der Waals surface area contributed by atoms with E-state index in [2.05, 4.69) is 81.4 Å². The van der Waals surface area contributed by atoms with E-state index in [1.807, 2.05) is 6.07 Å². The maximum Gasteiger partial charge on any atom is 0.261 e. The SMILES string of the molecule is CC(C)(C)[Si](OC1CCCC(C(=O)CC#N)CC1)(c1ccccc1)c1ccccc1. The van der Waals surface area contributed by atoms with Crippen LogP contribution in [-0.4, -0.2) is 20.2 Å². The quantitative estimate of drug-likeness (QED) is 0.489. The van der Waals surface area contributed by atoms with Crippen molar-refractivity contribution in [3.8, 4) is 6.07 Å². The van der Waals surface area contributed by atoms with Gasteiger partial charge in [-0.25, -0.2) is 0 Å². The Kier molecular flexibility index (Phi) is 7.28. The van der Waals surface area contributed by atoms with Gasteiger partial charge in [0.1, 0.15) is 5.78 Å². The molecule has 0 N–H and O–H groups in total. The van der Waals surface area contributed by atoms with Crippen LogP contribution in [0.3, 0.4) is 0 Å². The van der Waals surface area contributed by atoms with E-state index in [-0.39, 0.29) is 29.3 Å². The summed E-state index contributed by atoms with van der Waals surface area (Å²) >= 11 is 0. The summed E-state index contributed by atoms with van der Waals surface area (Å²) in [6.45, 7) is 6.90. The van der Waals surface area contributed by atoms with Crippen LogP contribution in [0.2, 0.25) is 5.04 Å². The van der Waals surface area contributed by atoms with Crippen molar-refractivity contribution in [2.24, 2.45) is 5.92 Å². The smallest absolute Gasteiger partial charge is 0.261 e. The van der Waals surface area contributed by atoms with Crippen LogP contribution in [0.5, 0.6) is 0 Å². The fraction of sp³-hybridized carbons (Fsp3) is 0.462. The van der Waals surface area contributed by atoms with Crippen molar-refractivity contribution in [2.75, 3.05) is 0 Å². The van der Waals surface area contributed by atoms with Crippen molar-refractivity contribution in [2.45, 2.75) is 70.4 Å². The monoisotopic (exact) mass is 419 g/mol. The molecule has 2 aromatic carbocycles. The van der Waals surface area contributed by atoms with Crippen LogP contribution in [0.1, 0.15) is 59.3 Å². The number of benzene rings is 2. The number of hydrogen-bond donors (Lipinski definition) is 0. The van der Waals surface area contributed by atoms with E-state index < -0.39 is 8.32 Å². The first-order chi connectivity index (χ1) is 14.4. The van der Waals surface area contributed by atoms with E-state index in [1.54, 1.807) is 0 Å². The normalized spacial score (nSPS) is 20.2. The van der Waals surface area contributed by atoms with Gasteiger partial charge < -0.3 is 4.43 Å². The third-order valence-corrected chi connectivity index (χ3v) is 11.5. The molecule has 2 aromatic rings. The van der Waals surface area contributed by atoms with Crippen LogP contribution in [0.25, 0.3) is 0 Å². The molecule has 0 aromatic heterocycles. The summed E-state index contributed by atoms with van der Waals surface area (Å²) in [5, 5.41) is 11.4. The second kappa shape index (κ2) is 9.72. The predicted octanol–water partition coefficient (Wildman–Crippen LogP) is 4.99. The van der Waals surface area contributed by atoms with Gasteiger partial charge in [-0.2, -0.15) is 5.26 Å². The number of hydrogen-bond acceptors (Lipinski definition) is 3. The molecule has 1 aliphatic rings. The Morgan fingerprint density at radius 1 is 0.967 bits per heavy atom. The molecule has 0 radical (unpaired) electrons. The molecule has 1 saturated carbocycles. The molecule has 0 bridgehead atoms. The van der Waals surface area contributed by atoms with Gasteiger partial charge in [-0.15, -0.1) is 0 Å². The molecule has 158 valence electrons. The minimum atomic E-state index is -2.56. The lowest BCUT2D eigenvalue weighted by Gasteiger charge is -2.45. The molecule has 2 unspecified atom stereocenters. The molecule has 3 nitrogen and oxygen atoms in total. The van der Waals surface area contributed by atoms with Gasteiger partial charge in [0.25, 0.3) is 8.32 Å². The first-order valence-electron chi connectivity index (χ1n) is 11.1. The van der Waals surface area contributed by atoms with Crippen molar-refractivity contribution in [3.63, 3.8) is 0 Å². The Balaban J connectivity index is 1.96. The number of carbonyl (C=O) groups excluding carboxylic acids is 1. The standard InChI is InChI=1S/C26H33NO2Si/c1-26(2,3)30(23-13-6-4-7-14-23,24-15-8-5-9-16-24)29-22-12-10-11-21(17-18-22)25(28)19-20-27/h4-9,13-16,21-22H,10-12,17-19H2,1-3H3. The van der Waals surface area contributed by atoms with Crippen molar-refractivity contribution < 1.29 is 9.22 Å². The summed E-state index contributed by atoms with van der Waals surface area (Å²) in [6.07, 6.45) is 4.70. The summed E-state index contributed by atoms with van der Waals surface area (Å²) in [7, 11) is -2.56. The second-order valence-electron chi connectivity index (χ2n) is 9.41.